The molecule has 1 atom stereocenters. The van der Waals surface area contributed by atoms with Gasteiger partial charge in [-0.2, -0.15) is 0 Å². The summed E-state index contributed by atoms with van der Waals surface area (Å²) in [6.45, 7) is 2.37. The molecule has 0 amide bonds. The van der Waals surface area contributed by atoms with E-state index in [1.54, 1.807) is 0 Å². The molecule has 0 aliphatic heterocycles. The van der Waals surface area contributed by atoms with Crippen molar-refractivity contribution in [2.75, 3.05) is 0 Å². The summed E-state index contributed by atoms with van der Waals surface area (Å²) < 4.78 is 6.17. The smallest absolute Gasteiger partial charge is 0.147 e. The molecule has 5 rings (SSSR count). The van der Waals surface area contributed by atoms with Crippen molar-refractivity contribution in [1.82, 2.24) is 9.97 Å². The van der Waals surface area contributed by atoms with Crippen molar-refractivity contribution in [3.63, 3.8) is 0 Å². The van der Waals surface area contributed by atoms with Gasteiger partial charge in [-0.3, -0.25) is 9.97 Å². The van der Waals surface area contributed by atoms with Gasteiger partial charge in [0.15, 0.2) is 0 Å². The van der Waals surface area contributed by atoms with Crippen LogP contribution in [0.25, 0.3) is 33.2 Å². The molecule has 3 heterocycles. The van der Waals surface area contributed by atoms with E-state index in [0.29, 0.717) is 5.92 Å². The minimum absolute atomic E-state index is 0.565. The number of para-hydroxylation sites is 1. The Hall–Kier alpha value is -2.68. The zero-order chi connectivity index (χ0) is 18.2. The van der Waals surface area contributed by atoms with Gasteiger partial charge in [0.25, 0.3) is 0 Å². The van der Waals surface area contributed by atoms with Crippen LogP contribution in [0.5, 0.6) is 0 Å². The second kappa shape index (κ2) is 6.80. The first kappa shape index (κ1) is 16.5. The topological polar surface area (TPSA) is 38.9 Å². The summed E-state index contributed by atoms with van der Waals surface area (Å²) in [4.78, 5) is 9.13. The van der Waals surface area contributed by atoms with Gasteiger partial charge in [0.05, 0.1) is 11.3 Å². The molecule has 3 aromatic heterocycles. The van der Waals surface area contributed by atoms with Crippen LogP contribution in [0.2, 0.25) is 0 Å². The third kappa shape index (κ3) is 2.91. The van der Waals surface area contributed by atoms with Gasteiger partial charge in [0.1, 0.15) is 11.2 Å². The Balaban J connectivity index is 1.59. The Morgan fingerprint density at radius 1 is 1.00 bits per heavy atom. The lowest BCUT2D eigenvalue weighted by Gasteiger charge is -2.28. The number of pyridine rings is 2. The van der Waals surface area contributed by atoms with E-state index in [9.17, 15) is 0 Å². The van der Waals surface area contributed by atoms with Crippen LogP contribution in [0.4, 0.5) is 0 Å². The van der Waals surface area contributed by atoms with E-state index >= 15 is 0 Å². The normalized spacial score (nSPS) is 16.8. The van der Waals surface area contributed by atoms with Crippen molar-refractivity contribution >= 4 is 21.9 Å². The first-order valence-electron chi connectivity index (χ1n) is 10.0. The molecule has 1 fully saturated rings. The number of rotatable bonds is 3. The lowest BCUT2D eigenvalue weighted by Crippen LogP contribution is -2.14. The summed E-state index contributed by atoms with van der Waals surface area (Å²) in [6.07, 6.45) is 12.5. The van der Waals surface area contributed by atoms with Crippen LogP contribution in [0.1, 0.15) is 50.5 Å². The fourth-order valence-corrected chi connectivity index (χ4v) is 4.60. The molecule has 3 heteroatoms. The highest BCUT2D eigenvalue weighted by Crippen LogP contribution is 2.38. The van der Waals surface area contributed by atoms with Crippen LogP contribution < -0.4 is 0 Å². The summed E-state index contributed by atoms with van der Waals surface area (Å²) in [5.74, 6) is 1.35. The number of benzene rings is 1. The molecule has 1 unspecified atom stereocenters. The Labute approximate surface area is 159 Å². The van der Waals surface area contributed by atoms with E-state index in [-0.39, 0.29) is 0 Å². The number of hydrogen-bond donors (Lipinski definition) is 0. The number of nitrogens with zero attached hydrogens (tertiary/aromatic N) is 2. The van der Waals surface area contributed by atoms with Crippen LogP contribution in [0.15, 0.2) is 59.4 Å². The molecule has 0 radical (unpaired) electrons. The molecule has 0 N–H and O–H groups in total. The minimum atomic E-state index is 0.565. The maximum atomic E-state index is 6.17. The van der Waals surface area contributed by atoms with Crippen molar-refractivity contribution in [3.8, 4) is 11.3 Å². The van der Waals surface area contributed by atoms with Gasteiger partial charge in [0.2, 0.25) is 0 Å². The van der Waals surface area contributed by atoms with E-state index in [1.807, 2.05) is 36.8 Å². The lowest BCUT2D eigenvalue weighted by molar-refractivity contribution is 0.316. The predicted octanol–water partition coefficient (Wildman–Crippen LogP) is 6.73. The van der Waals surface area contributed by atoms with Crippen LogP contribution in [0.3, 0.4) is 0 Å². The van der Waals surface area contributed by atoms with Gasteiger partial charge in [-0.1, -0.05) is 44.4 Å². The highest BCUT2D eigenvalue weighted by atomic mass is 16.3. The van der Waals surface area contributed by atoms with Crippen molar-refractivity contribution in [3.05, 3.63) is 60.6 Å². The second-order valence-electron chi connectivity index (χ2n) is 7.82. The largest absolute Gasteiger partial charge is 0.455 e. The molecule has 0 bridgehead atoms. The fraction of sp³-hybridized carbons (Fsp3) is 0.333. The van der Waals surface area contributed by atoms with Crippen molar-refractivity contribution < 1.29 is 4.42 Å². The van der Waals surface area contributed by atoms with E-state index in [0.717, 1.165) is 39.1 Å². The first-order chi connectivity index (χ1) is 13.3. The molecule has 1 aliphatic carbocycles. The molecule has 4 aromatic rings. The van der Waals surface area contributed by atoms with Crippen LogP contribution in [-0.4, -0.2) is 9.97 Å². The Kier molecular flexibility index (Phi) is 4.16. The summed E-state index contributed by atoms with van der Waals surface area (Å²) in [7, 11) is 0. The van der Waals surface area contributed by atoms with Gasteiger partial charge < -0.3 is 4.42 Å². The molecular weight excluding hydrogens is 332 g/mol. The molecule has 27 heavy (non-hydrogen) atoms. The third-order valence-electron chi connectivity index (χ3n) is 6.23. The molecule has 0 saturated heterocycles. The Morgan fingerprint density at radius 2 is 1.85 bits per heavy atom. The zero-order valence-corrected chi connectivity index (χ0v) is 15.7. The standard InChI is InChI=1S/C24H24N2O/c1-16(17-7-3-2-4-8-17)18-11-12-26-22(13-18)21-15-25-14-20-19-9-5-6-10-23(19)27-24(20)21/h5-6,9-17H,2-4,7-8H2,1H3. The molecule has 3 nitrogen and oxygen atoms in total. The monoisotopic (exact) mass is 356 g/mol. The predicted molar refractivity (Wildman–Crippen MR) is 110 cm³/mol. The van der Waals surface area contributed by atoms with Crippen LogP contribution in [-0.2, 0) is 0 Å². The number of fused-ring (bicyclic) bond motifs is 3. The van der Waals surface area contributed by atoms with Gasteiger partial charge in [0, 0.05) is 29.4 Å². The summed E-state index contributed by atoms with van der Waals surface area (Å²) in [5, 5.41) is 2.16. The van der Waals surface area contributed by atoms with Crippen molar-refractivity contribution in [2.24, 2.45) is 5.92 Å². The summed E-state index contributed by atoms with van der Waals surface area (Å²) in [5.41, 5.74) is 5.07. The molecule has 136 valence electrons. The fourth-order valence-electron chi connectivity index (χ4n) is 4.60. The van der Waals surface area contributed by atoms with Gasteiger partial charge >= 0.3 is 0 Å². The third-order valence-corrected chi connectivity index (χ3v) is 6.23. The average molecular weight is 356 g/mol. The zero-order valence-electron chi connectivity index (χ0n) is 15.7. The average Bonchev–Trinajstić information content (AvgIpc) is 3.13. The molecule has 1 aromatic carbocycles. The maximum Gasteiger partial charge on any atom is 0.147 e. The lowest BCUT2D eigenvalue weighted by atomic mass is 9.78. The van der Waals surface area contributed by atoms with E-state index < -0.39 is 0 Å². The maximum absolute atomic E-state index is 6.17. The molecule has 1 saturated carbocycles. The van der Waals surface area contributed by atoms with E-state index in [1.165, 1.54) is 37.7 Å². The highest BCUT2D eigenvalue weighted by Gasteiger charge is 2.22. The van der Waals surface area contributed by atoms with E-state index in [2.05, 4.69) is 35.1 Å². The molecule has 1 aliphatic rings. The van der Waals surface area contributed by atoms with Crippen molar-refractivity contribution in [2.45, 2.75) is 44.9 Å². The number of aromatic nitrogens is 2. The van der Waals surface area contributed by atoms with Gasteiger partial charge in [-0.05, 0) is 48.4 Å². The van der Waals surface area contributed by atoms with Crippen LogP contribution >= 0.6 is 0 Å². The van der Waals surface area contributed by atoms with Gasteiger partial charge in [-0.25, -0.2) is 0 Å². The summed E-state index contributed by atoms with van der Waals surface area (Å²) >= 11 is 0. The first-order valence-corrected chi connectivity index (χ1v) is 10.0. The Bertz CT molecular complexity index is 1090. The van der Waals surface area contributed by atoms with E-state index in [4.69, 9.17) is 4.42 Å². The van der Waals surface area contributed by atoms with Crippen LogP contribution in [0, 0.1) is 5.92 Å². The quantitative estimate of drug-likeness (QED) is 0.408. The highest BCUT2D eigenvalue weighted by molar-refractivity contribution is 6.08. The van der Waals surface area contributed by atoms with Crippen molar-refractivity contribution in [1.29, 1.82) is 0 Å². The SMILES string of the molecule is CC(c1ccnc(-c2cncc3c2oc2ccccc23)c1)C1CCCCC1. The molecule has 0 spiro atoms. The number of hydrogen-bond acceptors (Lipinski definition) is 3. The summed E-state index contributed by atoms with van der Waals surface area (Å²) in [6, 6.07) is 12.5. The van der Waals surface area contributed by atoms with Gasteiger partial charge in [-0.15, -0.1) is 0 Å². The number of furan rings is 1. The second-order valence-corrected chi connectivity index (χ2v) is 7.82. The minimum Gasteiger partial charge on any atom is -0.455 e. The molecular formula is C24H24N2O. The Morgan fingerprint density at radius 3 is 2.74 bits per heavy atom.